The fourth-order valence-corrected chi connectivity index (χ4v) is 3.88. The average molecular weight is 365 g/mol. The molecule has 0 unspecified atom stereocenters. The zero-order valence-electron chi connectivity index (χ0n) is 16.0. The summed E-state index contributed by atoms with van der Waals surface area (Å²) in [6.07, 6.45) is 4.49. The van der Waals surface area contributed by atoms with Crippen molar-refractivity contribution < 1.29 is 0 Å². The van der Waals surface area contributed by atoms with Crippen LogP contribution in [0.2, 0.25) is 0 Å². The molecule has 2 heterocycles. The lowest BCUT2D eigenvalue weighted by molar-refractivity contribution is 0.657. The molecular formula is C25H23N3. The summed E-state index contributed by atoms with van der Waals surface area (Å²) in [4.78, 5) is 5.00. The maximum absolute atomic E-state index is 5.00. The zero-order chi connectivity index (χ0) is 18.9. The molecule has 0 amide bonds. The first-order chi connectivity index (χ1) is 13.8. The van der Waals surface area contributed by atoms with Crippen molar-refractivity contribution in [3.05, 3.63) is 85.1 Å². The molecule has 5 aromatic rings. The van der Waals surface area contributed by atoms with E-state index in [1.165, 1.54) is 28.6 Å². The molecule has 3 nitrogen and oxygen atoms in total. The molecule has 0 saturated heterocycles. The third kappa shape index (κ3) is 2.80. The Balaban J connectivity index is 1.58. The SMILES string of the molecule is CCCCn1c2ccccc2n2cc(-c3ccc(-c4ccccc4)cc3)nc12. The highest BCUT2D eigenvalue weighted by molar-refractivity contribution is 5.82. The van der Waals surface area contributed by atoms with Crippen molar-refractivity contribution in [1.29, 1.82) is 0 Å². The van der Waals surface area contributed by atoms with Crippen molar-refractivity contribution in [1.82, 2.24) is 14.0 Å². The number of aryl methyl sites for hydroxylation is 1. The fourth-order valence-electron chi connectivity index (χ4n) is 3.88. The maximum Gasteiger partial charge on any atom is 0.215 e. The molecule has 2 aromatic heterocycles. The van der Waals surface area contributed by atoms with Gasteiger partial charge in [0.2, 0.25) is 5.78 Å². The van der Waals surface area contributed by atoms with E-state index in [0.29, 0.717) is 0 Å². The fraction of sp³-hybridized carbons (Fsp3) is 0.160. The zero-order valence-corrected chi connectivity index (χ0v) is 16.0. The lowest BCUT2D eigenvalue weighted by Crippen LogP contribution is -1.98. The first-order valence-electron chi connectivity index (χ1n) is 9.97. The van der Waals surface area contributed by atoms with Crippen molar-refractivity contribution in [2.45, 2.75) is 26.3 Å². The first-order valence-corrected chi connectivity index (χ1v) is 9.97. The van der Waals surface area contributed by atoms with Crippen molar-refractivity contribution in [3.8, 4) is 22.4 Å². The molecule has 0 aliphatic rings. The van der Waals surface area contributed by atoms with E-state index in [2.05, 4.69) is 94.9 Å². The molecule has 3 heteroatoms. The van der Waals surface area contributed by atoms with Crippen LogP contribution in [-0.2, 0) is 6.54 Å². The highest BCUT2D eigenvalue weighted by atomic mass is 15.2. The number of nitrogens with zero attached hydrogens (tertiary/aromatic N) is 3. The second-order valence-electron chi connectivity index (χ2n) is 7.23. The minimum Gasteiger partial charge on any atom is -0.310 e. The summed E-state index contributed by atoms with van der Waals surface area (Å²) < 4.78 is 4.58. The number of fused-ring (bicyclic) bond motifs is 3. The molecule has 0 N–H and O–H groups in total. The van der Waals surface area contributed by atoms with Gasteiger partial charge >= 0.3 is 0 Å². The van der Waals surface area contributed by atoms with E-state index in [-0.39, 0.29) is 0 Å². The van der Waals surface area contributed by atoms with Crippen molar-refractivity contribution >= 4 is 16.8 Å². The summed E-state index contributed by atoms with van der Waals surface area (Å²) >= 11 is 0. The molecule has 3 aromatic carbocycles. The van der Waals surface area contributed by atoms with Crippen LogP contribution in [0.25, 0.3) is 39.2 Å². The molecule has 0 spiro atoms. The van der Waals surface area contributed by atoms with Gasteiger partial charge in [-0.2, -0.15) is 0 Å². The topological polar surface area (TPSA) is 22.2 Å². The molecule has 0 radical (unpaired) electrons. The number of para-hydroxylation sites is 2. The van der Waals surface area contributed by atoms with Crippen molar-refractivity contribution in [3.63, 3.8) is 0 Å². The summed E-state index contributed by atoms with van der Waals surface area (Å²) in [5.41, 5.74) is 7.10. The summed E-state index contributed by atoms with van der Waals surface area (Å²) in [6, 6.07) is 27.7. The van der Waals surface area contributed by atoms with E-state index in [1.54, 1.807) is 0 Å². The van der Waals surface area contributed by atoms with Gasteiger partial charge < -0.3 is 4.57 Å². The summed E-state index contributed by atoms with van der Waals surface area (Å²) in [6.45, 7) is 3.23. The summed E-state index contributed by atoms with van der Waals surface area (Å²) in [5.74, 6) is 1.02. The van der Waals surface area contributed by atoms with E-state index in [4.69, 9.17) is 4.98 Å². The third-order valence-corrected chi connectivity index (χ3v) is 5.38. The normalized spacial score (nSPS) is 11.5. The van der Waals surface area contributed by atoms with E-state index in [0.717, 1.165) is 30.0 Å². The Morgan fingerprint density at radius 3 is 2.11 bits per heavy atom. The summed E-state index contributed by atoms with van der Waals surface area (Å²) in [7, 11) is 0. The predicted molar refractivity (Wildman–Crippen MR) is 116 cm³/mol. The van der Waals surface area contributed by atoms with Crippen LogP contribution in [0, 0.1) is 0 Å². The quantitative estimate of drug-likeness (QED) is 0.352. The van der Waals surface area contributed by atoms with E-state index in [1.807, 2.05) is 6.07 Å². The van der Waals surface area contributed by atoms with Crippen LogP contribution in [0.5, 0.6) is 0 Å². The standard InChI is InChI=1S/C25H23N3/c1-2-3-17-27-23-11-7-8-12-24(23)28-18-22(26-25(27)28)21-15-13-20(14-16-21)19-9-5-4-6-10-19/h4-16,18H,2-3,17H2,1H3. The first kappa shape index (κ1) is 16.8. The molecule has 138 valence electrons. The smallest absolute Gasteiger partial charge is 0.215 e. The van der Waals surface area contributed by atoms with Gasteiger partial charge in [0.05, 0.1) is 16.7 Å². The molecule has 0 aliphatic heterocycles. The maximum atomic E-state index is 5.00. The summed E-state index contributed by atoms with van der Waals surface area (Å²) in [5, 5.41) is 0. The van der Waals surface area contributed by atoms with E-state index >= 15 is 0 Å². The molecule has 0 atom stereocenters. The largest absolute Gasteiger partial charge is 0.310 e. The Labute approximate surface area is 164 Å². The molecule has 0 bridgehead atoms. The molecular weight excluding hydrogens is 342 g/mol. The van der Waals surface area contributed by atoms with Gasteiger partial charge in [0, 0.05) is 18.3 Å². The number of rotatable bonds is 5. The van der Waals surface area contributed by atoms with E-state index < -0.39 is 0 Å². The monoisotopic (exact) mass is 365 g/mol. The van der Waals surface area contributed by atoms with Gasteiger partial charge in [-0.3, -0.25) is 4.40 Å². The van der Waals surface area contributed by atoms with Gasteiger partial charge in [0.25, 0.3) is 0 Å². The van der Waals surface area contributed by atoms with Gasteiger partial charge in [-0.15, -0.1) is 0 Å². The highest BCUT2D eigenvalue weighted by Crippen LogP contribution is 2.28. The van der Waals surface area contributed by atoms with Crippen molar-refractivity contribution in [2.24, 2.45) is 0 Å². The lowest BCUT2D eigenvalue weighted by atomic mass is 10.0. The van der Waals surface area contributed by atoms with Gasteiger partial charge in [0.1, 0.15) is 0 Å². The van der Waals surface area contributed by atoms with Crippen LogP contribution >= 0.6 is 0 Å². The third-order valence-electron chi connectivity index (χ3n) is 5.38. The van der Waals surface area contributed by atoms with Crippen LogP contribution in [0.4, 0.5) is 0 Å². The van der Waals surface area contributed by atoms with Gasteiger partial charge in [-0.25, -0.2) is 4.98 Å². The Hall–Kier alpha value is -3.33. The molecule has 0 saturated carbocycles. The minimum absolute atomic E-state index is 0.997. The van der Waals surface area contributed by atoms with E-state index in [9.17, 15) is 0 Å². The Kier molecular flexibility index (Phi) is 4.21. The average Bonchev–Trinajstić information content (AvgIpc) is 3.31. The Morgan fingerprint density at radius 2 is 1.36 bits per heavy atom. The minimum atomic E-state index is 0.997. The number of aromatic nitrogens is 3. The second-order valence-corrected chi connectivity index (χ2v) is 7.23. The van der Waals surface area contributed by atoms with Crippen LogP contribution in [-0.4, -0.2) is 14.0 Å². The van der Waals surface area contributed by atoms with Gasteiger partial charge in [0.15, 0.2) is 0 Å². The number of hydrogen-bond acceptors (Lipinski definition) is 1. The molecule has 0 aliphatic carbocycles. The van der Waals surface area contributed by atoms with Crippen LogP contribution in [0.15, 0.2) is 85.1 Å². The van der Waals surface area contributed by atoms with Crippen LogP contribution in [0.3, 0.4) is 0 Å². The predicted octanol–water partition coefficient (Wildman–Crippen LogP) is 6.42. The van der Waals surface area contributed by atoms with Crippen LogP contribution < -0.4 is 0 Å². The number of imidazole rings is 2. The van der Waals surface area contributed by atoms with Crippen molar-refractivity contribution in [2.75, 3.05) is 0 Å². The molecule has 28 heavy (non-hydrogen) atoms. The number of unbranched alkanes of at least 4 members (excludes halogenated alkanes) is 1. The number of hydrogen-bond donors (Lipinski definition) is 0. The highest BCUT2D eigenvalue weighted by Gasteiger charge is 2.14. The van der Waals surface area contributed by atoms with Gasteiger partial charge in [-0.1, -0.05) is 80.1 Å². The second kappa shape index (κ2) is 7.01. The Bertz CT molecular complexity index is 1230. The molecule has 5 rings (SSSR count). The van der Waals surface area contributed by atoms with Gasteiger partial charge in [-0.05, 0) is 29.7 Å². The number of benzene rings is 3. The Morgan fingerprint density at radius 1 is 0.714 bits per heavy atom. The van der Waals surface area contributed by atoms with Crippen LogP contribution in [0.1, 0.15) is 19.8 Å². The lowest BCUT2D eigenvalue weighted by Gasteiger charge is -2.04. The molecule has 0 fully saturated rings.